The molecule has 0 saturated carbocycles. The number of aryl methyl sites for hydroxylation is 1. The second-order valence-electron chi connectivity index (χ2n) is 13.3. The fraction of sp³-hybridized carbons (Fsp3) is 0.405. The molecule has 248 valence electrons. The van der Waals surface area contributed by atoms with Gasteiger partial charge in [0.2, 0.25) is 0 Å². The first-order valence-corrected chi connectivity index (χ1v) is 18.3. The van der Waals surface area contributed by atoms with Crippen LogP contribution >= 0.6 is 0 Å². The lowest BCUT2D eigenvalue weighted by Crippen LogP contribution is -2.50. The van der Waals surface area contributed by atoms with Crippen molar-refractivity contribution in [1.82, 2.24) is 20.0 Å². The van der Waals surface area contributed by atoms with Gasteiger partial charge in [-0.3, -0.25) is 19.6 Å². The van der Waals surface area contributed by atoms with E-state index in [4.69, 9.17) is 14.5 Å². The lowest BCUT2D eigenvalue weighted by Gasteiger charge is -2.28. The first kappa shape index (κ1) is 34.6. The third kappa shape index (κ3) is 7.89. The van der Waals surface area contributed by atoms with E-state index in [2.05, 4.69) is 79.3 Å². The molecule has 0 spiro atoms. The van der Waals surface area contributed by atoms with Crippen molar-refractivity contribution >= 4 is 47.7 Å². The number of nitrogens with zero attached hydrogens (tertiary/aromatic N) is 3. The molecular weight excluding hydrogens is 621 g/mol. The molecule has 8 nitrogen and oxygen atoms in total. The number of nitrogens with one attached hydrogen (secondary N) is 1. The minimum atomic E-state index is -0.295. The Balaban J connectivity index is 1.59. The Kier molecular flexibility index (Phi) is 11.1. The van der Waals surface area contributed by atoms with Crippen LogP contribution in [0.4, 0.5) is 4.79 Å². The fourth-order valence-corrected chi connectivity index (χ4v) is 7.16. The Bertz CT molecular complexity index is 1780. The first-order chi connectivity index (χ1) is 22.5. The minimum absolute atomic E-state index is 0.0872. The minimum Gasteiger partial charge on any atom is -0.470 e. The standard InChI is InChI=1S/C37H48N4O4Si2/c1-6-40-31-15-14-27(26-12-9-11-25(19-26)20-32(46)35(42)41-18-8-7-17-39-41)21-29(31)30(22-37(3,4)23-45-36(43)47)34(40)28-13-10-16-38-33(28)24(2)44-5/h9-16,19,21,24,39H,6-8,17-18,20,22-23,46H2,1-5,47H3/t24-/m0/s1. The Morgan fingerprint density at radius 1 is 1.11 bits per heavy atom. The van der Waals surface area contributed by atoms with Gasteiger partial charge in [0.25, 0.3) is 11.5 Å². The molecule has 4 aromatic rings. The highest BCUT2D eigenvalue weighted by molar-refractivity contribution is 6.62. The molecule has 1 aliphatic heterocycles. The number of aromatic nitrogens is 2. The number of hydrogen-bond donors (Lipinski definition) is 1. The van der Waals surface area contributed by atoms with Crippen LogP contribution in [-0.4, -0.2) is 78.1 Å². The van der Waals surface area contributed by atoms with Crippen molar-refractivity contribution < 1.29 is 19.1 Å². The fourth-order valence-electron chi connectivity index (χ4n) is 6.53. The van der Waals surface area contributed by atoms with Crippen molar-refractivity contribution in [1.29, 1.82) is 0 Å². The van der Waals surface area contributed by atoms with E-state index in [-0.39, 0.29) is 23.0 Å². The van der Waals surface area contributed by atoms with Crippen molar-refractivity contribution in [3.05, 3.63) is 77.6 Å². The molecule has 1 fully saturated rings. The van der Waals surface area contributed by atoms with Gasteiger partial charge in [-0.1, -0.05) is 44.2 Å². The normalized spacial score (nSPS) is 14.4. The average molecular weight is 669 g/mol. The highest BCUT2D eigenvalue weighted by Crippen LogP contribution is 2.41. The summed E-state index contributed by atoms with van der Waals surface area (Å²) >= 11 is 0. The Labute approximate surface area is 284 Å². The summed E-state index contributed by atoms with van der Waals surface area (Å²) in [6, 6.07) is 19.4. The quantitative estimate of drug-likeness (QED) is 0.222. The summed E-state index contributed by atoms with van der Waals surface area (Å²) in [6.45, 7) is 11.3. The van der Waals surface area contributed by atoms with Crippen LogP contribution in [0.25, 0.3) is 33.3 Å². The molecule has 0 radical (unpaired) electrons. The molecule has 2 aromatic heterocycles. The number of hydrazine groups is 1. The third-order valence-corrected chi connectivity index (χ3v) is 9.82. The molecule has 10 heteroatoms. The zero-order valence-corrected chi connectivity index (χ0v) is 32.1. The number of fused-ring (bicyclic) bond motifs is 1. The largest absolute Gasteiger partial charge is 0.470 e. The Morgan fingerprint density at radius 3 is 2.60 bits per heavy atom. The second-order valence-corrected chi connectivity index (χ2v) is 15.0. The summed E-state index contributed by atoms with van der Waals surface area (Å²) in [5.74, 6) is 0.0872. The van der Waals surface area contributed by atoms with Crippen LogP contribution in [0, 0.1) is 5.41 Å². The predicted molar refractivity (Wildman–Crippen MR) is 197 cm³/mol. The van der Waals surface area contributed by atoms with Gasteiger partial charge >= 0.3 is 0 Å². The van der Waals surface area contributed by atoms with E-state index >= 15 is 0 Å². The lowest BCUT2D eigenvalue weighted by atomic mass is 9.84. The van der Waals surface area contributed by atoms with Crippen molar-refractivity contribution in [2.75, 3.05) is 26.8 Å². The molecule has 0 unspecified atom stereocenters. The predicted octanol–water partition coefficient (Wildman–Crippen LogP) is 4.64. The van der Waals surface area contributed by atoms with Crippen LogP contribution in [0.15, 0.2) is 60.8 Å². The number of amides is 1. The number of rotatable bonds is 12. The van der Waals surface area contributed by atoms with Gasteiger partial charge in [0.15, 0.2) is 0 Å². The molecule has 1 atom stereocenters. The van der Waals surface area contributed by atoms with Gasteiger partial charge in [0.1, 0.15) is 10.2 Å². The number of carbonyl (C=O) groups is 2. The van der Waals surface area contributed by atoms with E-state index in [1.54, 1.807) is 22.0 Å². The molecule has 2 aromatic carbocycles. The molecule has 0 aliphatic carbocycles. The smallest absolute Gasteiger partial charge is 0.260 e. The monoisotopic (exact) mass is 668 g/mol. The molecule has 47 heavy (non-hydrogen) atoms. The highest BCUT2D eigenvalue weighted by Gasteiger charge is 2.29. The number of ether oxygens (including phenoxy) is 2. The van der Waals surface area contributed by atoms with Crippen LogP contribution in [-0.2, 0) is 33.7 Å². The zero-order valence-electron chi connectivity index (χ0n) is 28.7. The Morgan fingerprint density at radius 2 is 1.89 bits per heavy atom. The first-order valence-electron chi connectivity index (χ1n) is 16.6. The second kappa shape index (κ2) is 15.0. The van der Waals surface area contributed by atoms with Gasteiger partial charge in [-0.05, 0) is 101 Å². The van der Waals surface area contributed by atoms with Crippen molar-refractivity contribution in [2.45, 2.75) is 66.0 Å². The molecule has 1 aliphatic rings. The lowest BCUT2D eigenvalue weighted by molar-refractivity contribution is -0.128. The van der Waals surface area contributed by atoms with Crippen LogP contribution in [0.2, 0.25) is 0 Å². The maximum absolute atomic E-state index is 13.1. The SMILES string of the molecule is CCn1c(-c2cccnc2[C@H](C)OC)c(CC(C)(C)COC(=O)[SiH3])c2cc(-c3cccc(CC(=[SiH2])C(=O)N4CCCCN4)c3)ccc21. The van der Waals surface area contributed by atoms with Crippen LogP contribution < -0.4 is 5.43 Å². The maximum atomic E-state index is 13.1. The molecule has 3 heterocycles. The highest BCUT2D eigenvalue weighted by atomic mass is 28.1. The Hall–Kier alpha value is -3.71. The van der Waals surface area contributed by atoms with Crippen molar-refractivity contribution in [2.24, 2.45) is 5.41 Å². The van der Waals surface area contributed by atoms with Gasteiger partial charge in [-0.15, -0.1) is 0 Å². The van der Waals surface area contributed by atoms with E-state index in [0.29, 0.717) is 29.7 Å². The number of hydrogen-bond acceptors (Lipinski definition) is 6. The summed E-state index contributed by atoms with van der Waals surface area (Å²) < 4.78 is 13.7. The maximum Gasteiger partial charge on any atom is 0.260 e. The summed E-state index contributed by atoms with van der Waals surface area (Å²) in [5.41, 5.74) is 11.6. The summed E-state index contributed by atoms with van der Waals surface area (Å²) in [6.07, 6.45) is 5.10. The number of carbonyl (C=O) groups excluding carboxylic acids is 2. The summed E-state index contributed by atoms with van der Waals surface area (Å²) in [7, 11) is 3.78. The van der Waals surface area contributed by atoms with Gasteiger partial charge in [0.05, 0.1) is 24.1 Å². The van der Waals surface area contributed by atoms with E-state index < -0.39 is 0 Å². The number of benzene rings is 2. The molecular formula is C37H48N4O4Si2. The van der Waals surface area contributed by atoms with Crippen molar-refractivity contribution in [3.8, 4) is 22.4 Å². The van der Waals surface area contributed by atoms with Gasteiger partial charge in [-0.2, -0.15) is 0 Å². The van der Waals surface area contributed by atoms with Crippen LogP contribution in [0.5, 0.6) is 0 Å². The van der Waals surface area contributed by atoms with Gasteiger partial charge in [-0.25, -0.2) is 5.43 Å². The molecule has 0 bridgehead atoms. The average Bonchev–Trinajstić information content (AvgIpc) is 3.38. The summed E-state index contributed by atoms with van der Waals surface area (Å²) in [5, 5.41) is 3.80. The van der Waals surface area contributed by atoms with Crippen molar-refractivity contribution in [3.63, 3.8) is 0 Å². The third-order valence-electron chi connectivity index (χ3n) is 8.97. The molecule has 5 rings (SSSR count). The number of pyridine rings is 1. The number of methoxy groups -OCH3 is 1. The van der Waals surface area contributed by atoms with E-state index in [1.165, 1.54) is 10.9 Å². The van der Waals surface area contributed by atoms with Crippen LogP contribution in [0.3, 0.4) is 0 Å². The molecule has 1 amide bonds. The molecule has 1 saturated heterocycles. The molecule has 1 N–H and O–H groups in total. The van der Waals surface area contributed by atoms with Gasteiger partial charge in [0, 0.05) is 54.8 Å². The van der Waals surface area contributed by atoms with Crippen LogP contribution in [0.1, 0.15) is 63.5 Å². The van der Waals surface area contributed by atoms with E-state index in [0.717, 1.165) is 76.8 Å². The zero-order chi connectivity index (χ0) is 33.7. The van der Waals surface area contributed by atoms with E-state index in [9.17, 15) is 9.59 Å². The van der Waals surface area contributed by atoms with Gasteiger partial charge < -0.3 is 14.0 Å². The van der Waals surface area contributed by atoms with E-state index in [1.807, 2.05) is 19.2 Å². The summed E-state index contributed by atoms with van der Waals surface area (Å²) in [4.78, 5) is 29.7. The topological polar surface area (TPSA) is 85.7 Å².